The van der Waals surface area contributed by atoms with Gasteiger partial charge in [-0.25, -0.2) is 0 Å². The number of hydrogen-bond acceptors (Lipinski definition) is 5. The number of aliphatic hydroxyl groups is 2. The zero-order valence-corrected chi connectivity index (χ0v) is 39.3. The van der Waals surface area contributed by atoms with Gasteiger partial charge >= 0.3 is 5.97 Å². The largest absolute Gasteiger partial charge is 0.466 e. The summed E-state index contributed by atoms with van der Waals surface area (Å²) in [4.78, 5) is 24.5. The predicted octanol–water partition coefficient (Wildman–Crippen LogP) is 15.6. The molecular formula is C52H103NO5. The average Bonchev–Trinajstić information content (AvgIpc) is 3.22. The highest BCUT2D eigenvalue weighted by Gasteiger charge is 2.20. The monoisotopic (exact) mass is 822 g/mol. The van der Waals surface area contributed by atoms with Gasteiger partial charge < -0.3 is 20.3 Å². The van der Waals surface area contributed by atoms with E-state index < -0.39 is 12.1 Å². The number of unbranched alkanes of at least 4 members (excludes halogenated alkanes) is 38. The van der Waals surface area contributed by atoms with Crippen LogP contribution in [0.1, 0.15) is 296 Å². The van der Waals surface area contributed by atoms with Crippen LogP contribution in [0.25, 0.3) is 0 Å². The zero-order chi connectivity index (χ0) is 42.3. The third kappa shape index (κ3) is 44.4. The zero-order valence-electron chi connectivity index (χ0n) is 39.3. The van der Waals surface area contributed by atoms with Crippen LogP contribution in [0.15, 0.2) is 0 Å². The Labute approximate surface area is 362 Å². The lowest BCUT2D eigenvalue weighted by molar-refractivity contribution is -0.143. The molecule has 2 unspecified atom stereocenters. The molecule has 6 heteroatoms. The highest BCUT2D eigenvalue weighted by molar-refractivity contribution is 5.76. The maximum atomic E-state index is 12.4. The number of rotatable bonds is 49. The van der Waals surface area contributed by atoms with Gasteiger partial charge in [-0.1, -0.05) is 258 Å². The molecular weight excluding hydrogens is 719 g/mol. The predicted molar refractivity (Wildman–Crippen MR) is 250 cm³/mol. The van der Waals surface area contributed by atoms with Crippen LogP contribution in [-0.4, -0.2) is 47.4 Å². The maximum absolute atomic E-state index is 12.4. The summed E-state index contributed by atoms with van der Waals surface area (Å²) in [6.45, 7) is 4.93. The lowest BCUT2D eigenvalue weighted by Crippen LogP contribution is -2.45. The lowest BCUT2D eigenvalue weighted by Gasteiger charge is -2.22. The van der Waals surface area contributed by atoms with Crippen LogP contribution in [0.3, 0.4) is 0 Å². The van der Waals surface area contributed by atoms with Gasteiger partial charge in [0.15, 0.2) is 0 Å². The van der Waals surface area contributed by atoms with Gasteiger partial charge in [0.05, 0.1) is 25.4 Å². The fourth-order valence-corrected chi connectivity index (χ4v) is 8.35. The molecule has 0 aromatic rings. The number of carbonyl (C=O) groups is 2. The SMILES string of the molecule is CCCCCCCCCCCCCCCCCCCC(=O)OCCCCCCCCCCCCCCCCC(=O)NC(CO)C(O)CCCCCCCCCCCC. The maximum Gasteiger partial charge on any atom is 0.305 e. The molecule has 0 spiro atoms. The van der Waals surface area contributed by atoms with E-state index >= 15 is 0 Å². The molecule has 1 amide bonds. The van der Waals surface area contributed by atoms with Crippen molar-refractivity contribution in [2.75, 3.05) is 13.2 Å². The van der Waals surface area contributed by atoms with Gasteiger partial charge in [0.2, 0.25) is 5.91 Å². The topological polar surface area (TPSA) is 95.9 Å². The van der Waals surface area contributed by atoms with Crippen LogP contribution in [0.4, 0.5) is 0 Å². The van der Waals surface area contributed by atoms with E-state index in [1.807, 2.05) is 0 Å². The minimum Gasteiger partial charge on any atom is -0.466 e. The van der Waals surface area contributed by atoms with Crippen molar-refractivity contribution in [3.05, 3.63) is 0 Å². The van der Waals surface area contributed by atoms with E-state index in [9.17, 15) is 19.8 Å². The molecule has 0 rings (SSSR count). The first-order chi connectivity index (χ1) is 28.5. The van der Waals surface area contributed by atoms with E-state index in [4.69, 9.17) is 4.74 Å². The molecule has 0 radical (unpaired) electrons. The minimum absolute atomic E-state index is 0.00206. The van der Waals surface area contributed by atoms with Crippen molar-refractivity contribution >= 4 is 11.9 Å². The Morgan fingerprint density at radius 2 is 0.707 bits per heavy atom. The van der Waals surface area contributed by atoms with Crippen molar-refractivity contribution in [2.24, 2.45) is 0 Å². The summed E-state index contributed by atoms with van der Waals surface area (Å²) >= 11 is 0. The highest BCUT2D eigenvalue weighted by Crippen LogP contribution is 2.17. The second-order valence-electron chi connectivity index (χ2n) is 18.2. The summed E-state index contributed by atoms with van der Waals surface area (Å²) in [6.07, 6.45) is 53.6. The molecule has 0 saturated carbocycles. The number of ether oxygens (including phenoxy) is 1. The van der Waals surface area contributed by atoms with Gasteiger partial charge in [-0.15, -0.1) is 0 Å². The van der Waals surface area contributed by atoms with Crippen molar-refractivity contribution in [1.29, 1.82) is 0 Å². The Hall–Kier alpha value is -1.14. The fourth-order valence-electron chi connectivity index (χ4n) is 8.35. The quantitative estimate of drug-likeness (QED) is 0.0420. The van der Waals surface area contributed by atoms with E-state index in [1.54, 1.807) is 0 Å². The van der Waals surface area contributed by atoms with Crippen LogP contribution in [0.2, 0.25) is 0 Å². The average molecular weight is 822 g/mol. The number of esters is 1. The van der Waals surface area contributed by atoms with Gasteiger partial charge in [0.25, 0.3) is 0 Å². The van der Waals surface area contributed by atoms with Crippen molar-refractivity contribution in [1.82, 2.24) is 5.32 Å². The van der Waals surface area contributed by atoms with Crippen molar-refractivity contribution < 1.29 is 24.5 Å². The Bertz CT molecular complexity index is 822. The summed E-state index contributed by atoms with van der Waals surface area (Å²) in [5.41, 5.74) is 0. The molecule has 6 nitrogen and oxygen atoms in total. The molecule has 0 aromatic carbocycles. The Morgan fingerprint density at radius 3 is 1.05 bits per heavy atom. The molecule has 346 valence electrons. The van der Waals surface area contributed by atoms with Crippen LogP contribution < -0.4 is 5.32 Å². The van der Waals surface area contributed by atoms with Crippen LogP contribution >= 0.6 is 0 Å². The third-order valence-corrected chi connectivity index (χ3v) is 12.4. The molecule has 0 aliphatic carbocycles. The second kappa shape index (κ2) is 48.5. The minimum atomic E-state index is -0.668. The number of hydrogen-bond donors (Lipinski definition) is 3. The Morgan fingerprint density at radius 1 is 0.414 bits per heavy atom. The molecule has 0 aliphatic heterocycles. The number of nitrogens with one attached hydrogen (secondary N) is 1. The first kappa shape index (κ1) is 56.9. The summed E-state index contributed by atoms with van der Waals surface area (Å²) in [6, 6.07) is -0.546. The lowest BCUT2D eigenvalue weighted by atomic mass is 10.0. The molecule has 0 aromatic heterocycles. The molecule has 58 heavy (non-hydrogen) atoms. The van der Waals surface area contributed by atoms with Gasteiger partial charge in [-0.2, -0.15) is 0 Å². The van der Waals surface area contributed by atoms with Gasteiger partial charge in [0, 0.05) is 12.8 Å². The first-order valence-corrected chi connectivity index (χ1v) is 26.3. The van der Waals surface area contributed by atoms with Crippen LogP contribution in [-0.2, 0) is 14.3 Å². The number of amides is 1. The molecule has 0 bridgehead atoms. The van der Waals surface area contributed by atoms with Crippen LogP contribution in [0, 0.1) is 0 Å². The standard InChI is InChI=1S/C52H103NO5/c1-3-5-7-9-11-13-15-16-17-18-19-23-26-30-34-38-42-46-52(57)58-47-43-39-35-31-27-24-21-20-22-25-29-33-37-41-45-51(56)53-49(48-54)50(55)44-40-36-32-28-14-12-10-8-6-4-2/h49-50,54-55H,3-48H2,1-2H3,(H,53,56). The smallest absolute Gasteiger partial charge is 0.305 e. The normalized spacial score (nSPS) is 12.6. The molecule has 3 N–H and O–H groups in total. The van der Waals surface area contributed by atoms with E-state index in [0.29, 0.717) is 25.9 Å². The third-order valence-electron chi connectivity index (χ3n) is 12.4. The van der Waals surface area contributed by atoms with Gasteiger partial charge in [-0.3, -0.25) is 9.59 Å². The van der Waals surface area contributed by atoms with E-state index in [-0.39, 0.29) is 18.5 Å². The molecule has 2 atom stereocenters. The summed E-state index contributed by atoms with van der Waals surface area (Å²) < 4.78 is 5.48. The fraction of sp³-hybridized carbons (Fsp3) is 0.962. The van der Waals surface area contributed by atoms with Crippen molar-refractivity contribution in [2.45, 2.75) is 309 Å². The Kier molecular flexibility index (Phi) is 47.6. The summed E-state index contributed by atoms with van der Waals surface area (Å²) in [5, 5.41) is 23.1. The van der Waals surface area contributed by atoms with Crippen LogP contribution in [0.5, 0.6) is 0 Å². The van der Waals surface area contributed by atoms with Gasteiger partial charge in [0.1, 0.15) is 0 Å². The summed E-state index contributed by atoms with van der Waals surface area (Å²) in [5.74, 6) is -0.0436. The Balaban J connectivity index is 3.38. The van der Waals surface area contributed by atoms with Crippen molar-refractivity contribution in [3.8, 4) is 0 Å². The molecule has 0 heterocycles. The van der Waals surface area contributed by atoms with E-state index in [2.05, 4.69) is 19.2 Å². The number of aliphatic hydroxyl groups excluding tert-OH is 2. The second-order valence-corrected chi connectivity index (χ2v) is 18.2. The first-order valence-electron chi connectivity index (χ1n) is 26.3. The van der Waals surface area contributed by atoms with E-state index in [1.165, 1.54) is 212 Å². The van der Waals surface area contributed by atoms with E-state index in [0.717, 1.165) is 51.4 Å². The van der Waals surface area contributed by atoms with Gasteiger partial charge in [-0.05, 0) is 25.7 Å². The molecule has 0 saturated heterocycles. The highest BCUT2D eigenvalue weighted by atomic mass is 16.5. The molecule has 0 aliphatic rings. The molecule has 0 fully saturated rings. The number of carbonyl (C=O) groups excluding carboxylic acids is 2. The summed E-state index contributed by atoms with van der Waals surface area (Å²) in [7, 11) is 0. The van der Waals surface area contributed by atoms with Crippen molar-refractivity contribution in [3.63, 3.8) is 0 Å².